The molecule has 0 aromatic heterocycles. The average Bonchev–Trinajstić information content (AvgIpc) is 2.38. The largest absolute Gasteiger partial charge is 0.490 e. The van der Waals surface area contributed by atoms with Crippen molar-refractivity contribution in [2.45, 2.75) is 12.5 Å². The molecule has 0 radical (unpaired) electrons. The average molecular weight is 270 g/mol. The molecule has 0 amide bonds. The summed E-state index contributed by atoms with van der Waals surface area (Å²) in [5.41, 5.74) is 0.226. The first-order valence-electron chi connectivity index (χ1n) is 5.81. The van der Waals surface area contributed by atoms with Gasteiger partial charge < -0.3 is 19.9 Å². The highest BCUT2D eigenvalue weighted by Crippen LogP contribution is 2.34. The number of rotatable bonds is 8. The summed E-state index contributed by atoms with van der Waals surface area (Å²) >= 11 is 0. The van der Waals surface area contributed by atoms with E-state index in [1.807, 2.05) is 0 Å². The summed E-state index contributed by atoms with van der Waals surface area (Å²) in [5, 5.41) is 23.1. The molecule has 1 atom stereocenters. The molecular formula is C12H18N2O5. The zero-order valence-electron chi connectivity index (χ0n) is 11.0. The number of para-hydroxylation sites is 1. The molecule has 0 bridgehead atoms. The van der Waals surface area contributed by atoms with Crippen molar-refractivity contribution in [3.63, 3.8) is 0 Å². The number of nitro benzene ring substituents is 1. The fourth-order valence-corrected chi connectivity index (χ4v) is 1.77. The smallest absolute Gasteiger partial charge is 0.333 e. The molecule has 19 heavy (non-hydrogen) atoms. The SMILES string of the molecule is COCC(CCO)Nc1cccc(OC)c1[N+](=O)[O-]. The number of benzene rings is 1. The minimum atomic E-state index is -0.496. The molecule has 2 N–H and O–H groups in total. The van der Waals surface area contributed by atoms with E-state index in [0.717, 1.165) is 0 Å². The fraction of sp³-hybridized carbons (Fsp3) is 0.500. The van der Waals surface area contributed by atoms with Crippen LogP contribution in [0.2, 0.25) is 0 Å². The van der Waals surface area contributed by atoms with Crippen LogP contribution >= 0.6 is 0 Å². The highest BCUT2D eigenvalue weighted by molar-refractivity contribution is 5.68. The van der Waals surface area contributed by atoms with Crippen LogP contribution in [-0.4, -0.2) is 43.5 Å². The number of aliphatic hydroxyl groups is 1. The van der Waals surface area contributed by atoms with Crippen LogP contribution in [0.4, 0.5) is 11.4 Å². The second kappa shape index (κ2) is 7.55. The van der Waals surface area contributed by atoms with Crippen LogP contribution in [0, 0.1) is 10.1 Å². The maximum absolute atomic E-state index is 11.1. The van der Waals surface area contributed by atoms with E-state index in [-0.39, 0.29) is 24.1 Å². The molecule has 0 aliphatic carbocycles. The normalized spacial score (nSPS) is 11.9. The summed E-state index contributed by atoms with van der Waals surface area (Å²) in [4.78, 5) is 10.6. The molecule has 1 unspecified atom stereocenters. The van der Waals surface area contributed by atoms with Gasteiger partial charge in [-0.1, -0.05) is 6.07 Å². The zero-order chi connectivity index (χ0) is 14.3. The maximum Gasteiger partial charge on any atom is 0.333 e. The molecular weight excluding hydrogens is 252 g/mol. The molecule has 0 fully saturated rings. The Kier molecular flexibility index (Phi) is 6.04. The molecule has 7 heteroatoms. The van der Waals surface area contributed by atoms with Gasteiger partial charge in [-0.05, 0) is 18.6 Å². The van der Waals surface area contributed by atoms with E-state index < -0.39 is 4.92 Å². The third kappa shape index (κ3) is 4.08. The third-order valence-corrected chi connectivity index (χ3v) is 2.61. The lowest BCUT2D eigenvalue weighted by molar-refractivity contribution is -0.384. The van der Waals surface area contributed by atoms with E-state index >= 15 is 0 Å². The topological polar surface area (TPSA) is 93.9 Å². The van der Waals surface area contributed by atoms with Gasteiger partial charge in [-0.2, -0.15) is 0 Å². The number of hydrogen-bond donors (Lipinski definition) is 2. The summed E-state index contributed by atoms with van der Waals surface area (Å²) in [7, 11) is 2.92. The molecule has 1 rings (SSSR count). The molecule has 0 spiro atoms. The Bertz CT molecular complexity index is 419. The molecule has 0 saturated carbocycles. The predicted molar refractivity (Wildman–Crippen MR) is 70.6 cm³/mol. The zero-order valence-corrected chi connectivity index (χ0v) is 11.0. The first-order valence-corrected chi connectivity index (χ1v) is 5.81. The number of ether oxygens (including phenoxy) is 2. The second-order valence-corrected chi connectivity index (χ2v) is 3.92. The Hall–Kier alpha value is -1.86. The number of hydrogen-bond acceptors (Lipinski definition) is 6. The molecule has 1 aromatic rings. The van der Waals surface area contributed by atoms with Crippen molar-refractivity contribution in [2.75, 3.05) is 32.8 Å². The monoisotopic (exact) mass is 270 g/mol. The van der Waals surface area contributed by atoms with Gasteiger partial charge >= 0.3 is 5.69 Å². The Morgan fingerprint density at radius 1 is 1.47 bits per heavy atom. The lowest BCUT2D eigenvalue weighted by Crippen LogP contribution is -2.26. The van der Waals surface area contributed by atoms with Crippen LogP contribution in [0.5, 0.6) is 5.75 Å². The summed E-state index contributed by atoms with van der Waals surface area (Å²) in [6, 6.07) is 4.58. The van der Waals surface area contributed by atoms with Crippen molar-refractivity contribution < 1.29 is 19.5 Å². The van der Waals surface area contributed by atoms with E-state index in [9.17, 15) is 10.1 Å². The van der Waals surface area contributed by atoms with Crippen LogP contribution in [0.1, 0.15) is 6.42 Å². The van der Waals surface area contributed by atoms with E-state index in [0.29, 0.717) is 18.7 Å². The first-order chi connectivity index (χ1) is 9.13. The Morgan fingerprint density at radius 3 is 2.74 bits per heavy atom. The second-order valence-electron chi connectivity index (χ2n) is 3.92. The third-order valence-electron chi connectivity index (χ3n) is 2.61. The Balaban J connectivity index is 3.01. The summed E-state index contributed by atoms with van der Waals surface area (Å²) in [6.07, 6.45) is 0.433. The lowest BCUT2D eigenvalue weighted by Gasteiger charge is -2.18. The molecule has 0 aliphatic rings. The van der Waals surface area contributed by atoms with E-state index in [1.165, 1.54) is 20.3 Å². The van der Waals surface area contributed by atoms with Crippen LogP contribution in [0.3, 0.4) is 0 Å². The van der Waals surface area contributed by atoms with Gasteiger partial charge in [0.2, 0.25) is 0 Å². The van der Waals surface area contributed by atoms with Crippen molar-refractivity contribution in [1.29, 1.82) is 0 Å². The number of nitro groups is 1. The van der Waals surface area contributed by atoms with Crippen LogP contribution in [0.25, 0.3) is 0 Å². The summed E-state index contributed by atoms with van der Waals surface area (Å²) < 4.78 is 10.00. The molecule has 1 aromatic carbocycles. The molecule has 0 heterocycles. The van der Waals surface area contributed by atoms with Crippen molar-refractivity contribution in [3.8, 4) is 5.75 Å². The number of methoxy groups -OCH3 is 2. The van der Waals surface area contributed by atoms with Gasteiger partial charge in [-0.15, -0.1) is 0 Å². The van der Waals surface area contributed by atoms with Gasteiger partial charge in [0.1, 0.15) is 5.69 Å². The summed E-state index contributed by atoms with van der Waals surface area (Å²) in [5.74, 6) is 0.190. The van der Waals surface area contributed by atoms with Crippen molar-refractivity contribution in [2.24, 2.45) is 0 Å². The first kappa shape index (κ1) is 15.2. The number of aliphatic hydroxyl groups excluding tert-OH is 1. The number of nitrogens with one attached hydrogen (secondary N) is 1. The fourth-order valence-electron chi connectivity index (χ4n) is 1.77. The van der Waals surface area contributed by atoms with E-state index in [4.69, 9.17) is 14.6 Å². The summed E-state index contributed by atoms with van der Waals surface area (Å²) in [6.45, 7) is 0.313. The van der Waals surface area contributed by atoms with Crippen LogP contribution in [-0.2, 0) is 4.74 Å². The molecule has 0 aliphatic heterocycles. The molecule has 106 valence electrons. The lowest BCUT2D eigenvalue weighted by atomic mass is 10.2. The van der Waals surface area contributed by atoms with Gasteiger partial charge in [0.05, 0.1) is 24.7 Å². The number of anilines is 1. The standard InChI is InChI=1S/C12H18N2O5/c1-18-8-9(6-7-15)13-10-4-3-5-11(19-2)12(10)14(16)17/h3-5,9,13,15H,6-8H2,1-2H3. The van der Waals surface area contributed by atoms with Crippen molar-refractivity contribution >= 4 is 11.4 Å². The van der Waals surface area contributed by atoms with Gasteiger partial charge in [0.15, 0.2) is 5.75 Å². The Morgan fingerprint density at radius 2 is 2.21 bits per heavy atom. The van der Waals surface area contributed by atoms with E-state index in [1.54, 1.807) is 12.1 Å². The van der Waals surface area contributed by atoms with E-state index in [2.05, 4.69) is 5.32 Å². The van der Waals surface area contributed by atoms with Crippen molar-refractivity contribution in [3.05, 3.63) is 28.3 Å². The Labute approximate surface area is 111 Å². The van der Waals surface area contributed by atoms with Gasteiger partial charge in [-0.3, -0.25) is 10.1 Å². The number of nitrogens with zero attached hydrogens (tertiary/aromatic N) is 1. The van der Waals surface area contributed by atoms with Crippen LogP contribution in [0.15, 0.2) is 18.2 Å². The van der Waals surface area contributed by atoms with Gasteiger partial charge in [0, 0.05) is 13.7 Å². The minimum absolute atomic E-state index is 0.0290. The quantitative estimate of drug-likeness (QED) is 0.548. The van der Waals surface area contributed by atoms with Gasteiger partial charge in [-0.25, -0.2) is 0 Å². The predicted octanol–water partition coefficient (Wildman–Crippen LogP) is 1.41. The van der Waals surface area contributed by atoms with Gasteiger partial charge in [0.25, 0.3) is 0 Å². The van der Waals surface area contributed by atoms with Crippen molar-refractivity contribution in [1.82, 2.24) is 0 Å². The highest BCUT2D eigenvalue weighted by atomic mass is 16.6. The molecule has 7 nitrogen and oxygen atoms in total. The maximum atomic E-state index is 11.1. The minimum Gasteiger partial charge on any atom is -0.490 e. The molecule has 0 saturated heterocycles. The highest BCUT2D eigenvalue weighted by Gasteiger charge is 2.22. The van der Waals surface area contributed by atoms with Crippen LogP contribution < -0.4 is 10.1 Å².